The number of rotatable bonds is 6. The highest BCUT2D eigenvalue weighted by atomic mass is 35.5. The summed E-state index contributed by atoms with van der Waals surface area (Å²) < 4.78 is 10.9. The first-order valence-electron chi connectivity index (χ1n) is 5.42. The highest BCUT2D eigenvalue weighted by Crippen LogP contribution is 2.27. The van der Waals surface area contributed by atoms with E-state index in [9.17, 15) is 0 Å². The van der Waals surface area contributed by atoms with E-state index < -0.39 is 0 Å². The Balaban J connectivity index is 2.00. The molecular weight excluding hydrogens is 260 g/mol. The van der Waals surface area contributed by atoms with Crippen molar-refractivity contribution in [2.45, 2.75) is 13.3 Å². The van der Waals surface area contributed by atoms with Crippen LogP contribution in [0.2, 0.25) is 5.28 Å². The second kappa shape index (κ2) is 6.14. The maximum Gasteiger partial charge on any atom is 0.227 e. The van der Waals surface area contributed by atoms with Crippen LogP contribution in [0.5, 0.6) is 5.88 Å². The van der Waals surface area contributed by atoms with Crippen molar-refractivity contribution in [1.82, 2.24) is 9.97 Å². The van der Waals surface area contributed by atoms with Gasteiger partial charge in [-0.3, -0.25) is 0 Å². The number of hydrogen-bond acceptors (Lipinski definition) is 5. The van der Waals surface area contributed by atoms with Crippen molar-refractivity contribution in [3.05, 3.63) is 16.7 Å². The van der Waals surface area contributed by atoms with Crippen molar-refractivity contribution in [3.63, 3.8) is 0 Å². The third kappa shape index (κ3) is 3.28. The average molecular weight is 273 g/mol. The molecule has 0 amide bonds. The van der Waals surface area contributed by atoms with Gasteiger partial charge in [0.1, 0.15) is 11.4 Å². The number of aromatic nitrogens is 2. The summed E-state index contributed by atoms with van der Waals surface area (Å²) in [6, 6.07) is 1.93. The van der Waals surface area contributed by atoms with E-state index in [1.165, 1.54) is 11.3 Å². The second-order valence-electron chi connectivity index (χ2n) is 3.40. The van der Waals surface area contributed by atoms with Gasteiger partial charge >= 0.3 is 0 Å². The van der Waals surface area contributed by atoms with Crippen LogP contribution >= 0.6 is 22.9 Å². The molecule has 0 spiro atoms. The van der Waals surface area contributed by atoms with Crippen molar-refractivity contribution >= 4 is 33.2 Å². The molecule has 2 heterocycles. The molecule has 0 saturated carbocycles. The zero-order valence-electron chi connectivity index (χ0n) is 9.48. The van der Waals surface area contributed by atoms with E-state index in [4.69, 9.17) is 21.1 Å². The van der Waals surface area contributed by atoms with Gasteiger partial charge < -0.3 is 9.47 Å². The van der Waals surface area contributed by atoms with Gasteiger partial charge in [0.05, 0.1) is 12.0 Å². The smallest absolute Gasteiger partial charge is 0.227 e. The topological polar surface area (TPSA) is 44.2 Å². The zero-order valence-corrected chi connectivity index (χ0v) is 11.1. The molecule has 6 heteroatoms. The third-order valence-corrected chi connectivity index (χ3v) is 3.05. The SMILES string of the molecule is CCCOCCOc1nc(Cl)nc2sccc12. The van der Waals surface area contributed by atoms with E-state index in [2.05, 4.69) is 16.9 Å². The summed E-state index contributed by atoms with van der Waals surface area (Å²) in [5.74, 6) is 0.529. The lowest BCUT2D eigenvalue weighted by Gasteiger charge is -2.06. The molecular formula is C11H13ClN2O2S. The highest BCUT2D eigenvalue weighted by molar-refractivity contribution is 7.16. The van der Waals surface area contributed by atoms with Crippen LogP contribution in [0.15, 0.2) is 11.4 Å². The first-order valence-corrected chi connectivity index (χ1v) is 6.68. The fraction of sp³-hybridized carbons (Fsp3) is 0.455. The molecule has 2 rings (SSSR count). The molecule has 17 heavy (non-hydrogen) atoms. The molecule has 0 radical (unpaired) electrons. The van der Waals surface area contributed by atoms with Crippen molar-refractivity contribution < 1.29 is 9.47 Å². The maximum absolute atomic E-state index is 5.82. The van der Waals surface area contributed by atoms with Gasteiger partial charge in [-0.15, -0.1) is 11.3 Å². The van der Waals surface area contributed by atoms with Gasteiger partial charge in [0.15, 0.2) is 0 Å². The lowest BCUT2D eigenvalue weighted by molar-refractivity contribution is 0.0996. The standard InChI is InChI=1S/C11H13ClN2O2S/c1-2-4-15-5-6-16-9-8-3-7-17-10(8)14-11(12)13-9/h3,7H,2,4-6H2,1H3. The van der Waals surface area contributed by atoms with Gasteiger partial charge in [-0.05, 0) is 29.5 Å². The monoisotopic (exact) mass is 272 g/mol. The molecule has 0 aromatic carbocycles. The fourth-order valence-electron chi connectivity index (χ4n) is 1.36. The van der Waals surface area contributed by atoms with Gasteiger partial charge in [-0.2, -0.15) is 4.98 Å². The Labute approximate surface area is 109 Å². The minimum absolute atomic E-state index is 0.212. The second-order valence-corrected chi connectivity index (χ2v) is 4.63. The number of fused-ring (bicyclic) bond motifs is 1. The molecule has 0 atom stereocenters. The maximum atomic E-state index is 5.82. The molecule has 0 bridgehead atoms. The van der Waals surface area contributed by atoms with Crippen molar-refractivity contribution in [3.8, 4) is 5.88 Å². The lowest BCUT2D eigenvalue weighted by Crippen LogP contribution is -2.08. The van der Waals surface area contributed by atoms with Crippen molar-refractivity contribution in [2.24, 2.45) is 0 Å². The van der Waals surface area contributed by atoms with Crippen LogP contribution in [-0.4, -0.2) is 29.8 Å². The van der Waals surface area contributed by atoms with Gasteiger partial charge in [-0.1, -0.05) is 6.92 Å². The number of halogens is 1. The van der Waals surface area contributed by atoms with E-state index in [1.54, 1.807) is 0 Å². The molecule has 4 nitrogen and oxygen atoms in total. The first kappa shape index (κ1) is 12.5. The lowest BCUT2D eigenvalue weighted by atomic mass is 10.4. The van der Waals surface area contributed by atoms with Crippen LogP contribution in [0, 0.1) is 0 Å². The van der Waals surface area contributed by atoms with E-state index >= 15 is 0 Å². The quantitative estimate of drug-likeness (QED) is 0.599. The average Bonchev–Trinajstić information content (AvgIpc) is 2.76. The van der Waals surface area contributed by atoms with Crippen LogP contribution in [0.3, 0.4) is 0 Å². The molecule has 0 aliphatic rings. The van der Waals surface area contributed by atoms with E-state index in [-0.39, 0.29) is 5.28 Å². The van der Waals surface area contributed by atoms with Crippen molar-refractivity contribution in [1.29, 1.82) is 0 Å². The Hall–Kier alpha value is -0.910. The van der Waals surface area contributed by atoms with Crippen molar-refractivity contribution in [2.75, 3.05) is 19.8 Å². The number of thiophene rings is 1. The Morgan fingerprint density at radius 1 is 1.29 bits per heavy atom. The van der Waals surface area contributed by atoms with Crippen LogP contribution < -0.4 is 4.74 Å². The Kier molecular flexibility index (Phi) is 4.53. The van der Waals surface area contributed by atoms with Crippen LogP contribution in [0.1, 0.15) is 13.3 Å². The molecule has 0 N–H and O–H groups in total. The molecule has 0 unspecified atom stereocenters. The molecule has 0 aliphatic carbocycles. The molecule has 0 fully saturated rings. The van der Waals surface area contributed by atoms with Gasteiger partial charge in [0, 0.05) is 6.61 Å². The Bertz CT molecular complexity index is 489. The number of nitrogens with zero attached hydrogens (tertiary/aromatic N) is 2. The minimum atomic E-state index is 0.212. The summed E-state index contributed by atoms with van der Waals surface area (Å²) in [7, 11) is 0. The number of hydrogen-bond donors (Lipinski definition) is 0. The Morgan fingerprint density at radius 3 is 3.00 bits per heavy atom. The van der Waals surface area contributed by atoms with Crippen LogP contribution in [0.25, 0.3) is 10.2 Å². The summed E-state index contributed by atoms with van der Waals surface area (Å²) in [4.78, 5) is 9.03. The molecule has 2 aromatic heterocycles. The number of ether oxygens (including phenoxy) is 2. The normalized spacial score (nSPS) is 10.9. The first-order chi connectivity index (χ1) is 8.31. The summed E-state index contributed by atoms with van der Waals surface area (Å²) in [6.45, 7) is 3.85. The van der Waals surface area contributed by atoms with E-state index in [0.29, 0.717) is 19.1 Å². The van der Waals surface area contributed by atoms with Gasteiger partial charge in [0.25, 0.3) is 0 Å². The third-order valence-electron chi connectivity index (χ3n) is 2.08. The fourth-order valence-corrected chi connectivity index (χ4v) is 2.32. The Morgan fingerprint density at radius 2 is 2.18 bits per heavy atom. The summed E-state index contributed by atoms with van der Waals surface area (Å²) in [5.41, 5.74) is 0. The summed E-state index contributed by atoms with van der Waals surface area (Å²) in [5, 5.41) is 3.05. The van der Waals surface area contributed by atoms with E-state index in [1.807, 2.05) is 11.4 Å². The van der Waals surface area contributed by atoms with Gasteiger partial charge in [-0.25, -0.2) is 4.98 Å². The zero-order chi connectivity index (χ0) is 12.1. The van der Waals surface area contributed by atoms with Crippen LogP contribution in [0.4, 0.5) is 0 Å². The predicted molar refractivity (Wildman–Crippen MR) is 69.0 cm³/mol. The van der Waals surface area contributed by atoms with Gasteiger partial charge in [0.2, 0.25) is 11.2 Å². The molecule has 92 valence electrons. The summed E-state index contributed by atoms with van der Waals surface area (Å²) >= 11 is 7.33. The largest absolute Gasteiger partial charge is 0.475 e. The molecule has 2 aromatic rings. The highest BCUT2D eigenvalue weighted by Gasteiger charge is 2.08. The predicted octanol–water partition coefficient (Wildman–Crippen LogP) is 3.15. The summed E-state index contributed by atoms with van der Waals surface area (Å²) in [6.07, 6.45) is 1.01. The van der Waals surface area contributed by atoms with Crippen LogP contribution in [-0.2, 0) is 4.74 Å². The molecule has 0 saturated heterocycles. The molecule has 0 aliphatic heterocycles. The minimum Gasteiger partial charge on any atom is -0.475 e. The van der Waals surface area contributed by atoms with E-state index in [0.717, 1.165) is 23.2 Å².